The number of carbonyl (C=O) groups is 2. The highest BCUT2D eigenvalue weighted by molar-refractivity contribution is 5.82. The molecule has 10 nitrogen and oxygen atoms in total. The van der Waals surface area contributed by atoms with E-state index in [1.165, 1.54) is 18.3 Å². The van der Waals surface area contributed by atoms with Gasteiger partial charge in [-0.2, -0.15) is 5.10 Å². The second kappa shape index (κ2) is 11.2. The van der Waals surface area contributed by atoms with Gasteiger partial charge in [-0.3, -0.25) is 14.9 Å². The summed E-state index contributed by atoms with van der Waals surface area (Å²) < 4.78 is 10.5. The van der Waals surface area contributed by atoms with E-state index in [1.807, 2.05) is 6.07 Å². The van der Waals surface area contributed by atoms with E-state index in [0.29, 0.717) is 17.1 Å². The van der Waals surface area contributed by atoms with E-state index in [4.69, 9.17) is 9.15 Å². The lowest BCUT2D eigenvalue weighted by atomic mass is 10.0. The van der Waals surface area contributed by atoms with Crippen LogP contribution in [0.4, 0.5) is 10.5 Å². The summed E-state index contributed by atoms with van der Waals surface area (Å²) in [6, 6.07) is 17.8. The number of alkyl carbamates (subject to hydrolysis) is 1. The molecule has 0 fully saturated rings. The molecule has 2 amide bonds. The van der Waals surface area contributed by atoms with Crippen molar-refractivity contribution in [3.05, 3.63) is 88.2 Å². The van der Waals surface area contributed by atoms with E-state index in [-0.39, 0.29) is 18.7 Å². The van der Waals surface area contributed by atoms with Gasteiger partial charge in [0.25, 0.3) is 5.69 Å². The van der Waals surface area contributed by atoms with Crippen molar-refractivity contribution in [2.75, 3.05) is 6.61 Å². The van der Waals surface area contributed by atoms with Crippen molar-refractivity contribution in [3.63, 3.8) is 0 Å². The van der Waals surface area contributed by atoms with Crippen LogP contribution in [0.3, 0.4) is 0 Å². The van der Waals surface area contributed by atoms with Gasteiger partial charge in [0, 0.05) is 17.7 Å². The summed E-state index contributed by atoms with van der Waals surface area (Å²) in [5.74, 6) is 0.345. The predicted molar refractivity (Wildman–Crippen MR) is 120 cm³/mol. The first kappa shape index (κ1) is 23.2. The minimum atomic E-state index is -0.619. The molecule has 0 saturated heterocycles. The molecule has 0 bridgehead atoms. The standard InChI is InChI=1S/C23H22N4O6/c1-2-32-23(29)25-20(16-7-4-3-5-8-16)14-22(28)26-24-15-19-11-12-21(33-19)17-9-6-10-18(13-17)27(30)31/h3-13,15,20H,2,14H2,1H3,(H,25,29)(H,26,28)/b24-15-/t20-/m0/s1. The van der Waals surface area contributed by atoms with E-state index in [0.717, 1.165) is 5.56 Å². The molecule has 3 rings (SSSR count). The SMILES string of the molecule is CCOC(=O)N[C@@H](CC(=O)N/N=C\c1ccc(-c2cccc([N+](=O)[O-])c2)o1)c1ccccc1. The van der Waals surface area contributed by atoms with Crippen molar-refractivity contribution in [1.82, 2.24) is 10.7 Å². The fraction of sp³-hybridized carbons (Fsp3) is 0.174. The van der Waals surface area contributed by atoms with Gasteiger partial charge < -0.3 is 14.5 Å². The monoisotopic (exact) mass is 450 g/mol. The molecule has 170 valence electrons. The molecule has 1 aromatic heterocycles. The number of carbonyl (C=O) groups excluding carboxylic acids is 2. The molecule has 10 heteroatoms. The third kappa shape index (κ3) is 6.76. The Morgan fingerprint density at radius 3 is 2.67 bits per heavy atom. The smallest absolute Gasteiger partial charge is 0.407 e. The molecule has 0 radical (unpaired) electrons. The van der Waals surface area contributed by atoms with Gasteiger partial charge in [-0.25, -0.2) is 10.2 Å². The number of benzene rings is 2. The summed E-state index contributed by atoms with van der Waals surface area (Å²) in [7, 11) is 0. The summed E-state index contributed by atoms with van der Waals surface area (Å²) >= 11 is 0. The Hall–Kier alpha value is -4.47. The zero-order valence-corrected chi connectivity index (χ0v) is 17.8. The molecule has 0 aliphatic carbocycles. The quantitative estimate of drug-likeness (QED) is 0.285. The highest BCUT2D eigenvalue weighted by atomic mass is 16.6. The normalized spacial score (nSPS) is 11.7. The van der Waals surface area contributed by atoms with Crippen LogP contribution in [-0.2, 0) is 9.53 Å². The number of nitro groups is 1. The number of nitro benzene ring substituents is 1. The van der Waals surface area contributed by atoms with E-state index in [1.54, 1.807) is 55.5 Å². The molecule has 2 aromatic carbocycles. The molecular weight excluding hydrogens is 428 g/mol. The molecule has 0 aliphatic rings. The number of hydrazone groups is 1. The molecule has 0 spiro atoms. The van der Waals surface area contributed by atoms with E-state index in [9.17, 15) is 19.7 Å². The second-order valence-corrected chi connectivity index (χ2v) is 6.83. The van der Waals surface area contributed by atoms with Gasteiger partial charge in [0.05, 0.1) is 30.2 Å². The number of furan rings is 1. The third-order valence-electron chi connectivity index (χ3n) is 4.51. The van der Waals surface area contributed by atoms with Crippen LogP contribution in [-0.4, -0.2) is 29.7 Å². The van der Waals surface area contributed by atoms with Gasteiger partial charge in [0.1, 0.15) is 11.5 Å². The first-order valence-corrected chi connectivity index (χ1v) is 10.1. The van der Waals surface area contributed by atoms with Crippen LogP contribution in [0, 0.1) is 10.1 Å². The van der Waals surface area contributed by atoms with Crippen LogP contribution in [0.5, 0.6) is 0 Å². The number of non-ortho nitro benzene ring substituents is 1. The maximum absolute atomic E-state index is 12.4. The lowest BCUT2D eigenvalue weighted by molar-refractivity contribution is -0.384. The van der Waals surface area contributed by atoms with Gasteiger partial charge >= 0.3 is 6.09 Å². The van der Waals surface area contributed by atoms with Gasteiger partial charge in [-0.15, -0.1) is 0 Å². The Bertz CT molecular complexity index is 1140. The molecular formula is C23H22N4O6. The van der Waals surface area contributed by atoms with Crippen molar-refractivity contribution in [3.8, 4) is 11.3 Å². The summed E-state index contributed by atoms with van der Waals surface area (Å²) in [5.41, 5.74) is 3.65. The second-order valence-electron chi connectivity index (χ2n) is 6.83. The maximum Gasteiger partial charge on any atom is 0.407 e. The number of nitrogens with zero attached hydrogens (tertiary/aromatic N) is 2. The van der Waals surface area contributed by atoms with Gasteiger partial charge in [0.2, 0.25) is 5.91 Å². The van der Waals surface area contributed by atoms with Crippen molar-refractivity contribution in [2.24, 2.45) is 5.10 Å². The highest BCUT2D eigenvalue weighted by Crippen LogP contribution is 2.25. The van der Waals surface area contributed by atoms with E-state index >= 15 is 0 Å². The Labute approximate surface area is 189 Å². The Balaban J connectivity index is 1.61. The molecule has 33 heavy (non-hydrogen) atoms. The molecule has 1 heterocycles. The maximum atomic E-state index is 12.4. The van der Waals surface area contributed by atoms with Crippen LogP contribution in [0.2, 0.25) is 0 Å². The van der Waals surface area contributed by atoms with E-state index in [2.05, 4.69) is 15.8 Å². The largest absolute Gasteiger partial charge is 0.455 e. The zero-order valence-electron chi connectivity index (χ0n) is 17.8. The Kier molecular flexibility index (Phi) is 7.90. The molecule has 0 saturated carbocycles. The number of nitrogens with one attached hydrogen (secondary N) is 2. The summed E-state index contributed by atoms with van der Waals surface area (Å²) in [5, 5.41) is 17.5. The predicted octanol–water partition coefficient (Wildman–Crippen LogP) is 4.18. The summed E-state index contributed by atoms with van der Waals surface area (Å²) in [6.45, 7) is 1.91. The number of amides is 2. The molecule has 3 aromatic rings. The average molecular weight is 450 g/mol. The molecule has 0 aliphatic heterocycles. The van der Waals surface area contributed by atoms with Crippen LogP contribution in [0.25, 0.3) is 11.3 Å². The van der Waals surface area contributed by atoms with Gasteiger partial charge in [0.15, 0.2) is 0 Å². The first-order chi connectivity index (χ1) is 16.0. The summed E-state index contributed by atoms with van der Waals surface area (Å²) in [4.78, 5) is 34.7. The van der Waals surface area contributed by atoms with E-state index < -0.39 is 23.0 Å². The molecule has 2 N–H and O–H groups in total. The topological polar surface area (TPSA) is 136 Å². The zero-order chi connectivity index (χ0) is 23.6. The Morgan fingerprint density at radius 2 is 1.94 bits per heavy atom. The fourth-order valence-corrected chi connectivity index (χ4v) is 3.00. The fourth-order valence-electron chi connectivity index (χ4n) is 3.00. The average Bonchev–Trinajstić information content (AvgIpc) is 3.28. The number of ether oxygens (including phenoxy) is 1. The minimum Gasteiger partial charge on any atom is -0.455 e. The van der Waals surface area contributed by atoms with Crippen LogP contribution in [0.15, 0.2) is 76.2 Å². The lowest BCUT2D eigenvalue weighted by Gasteiger charge is -2.17. The summed E-state index contributed by atoms with van der Waals surface area (Å²) in [6.07, 6.45) is 0.638. The first-order valence-electron chi connectivity index (χ1n) is 10.1. The number of rotatable bonds is 9. The lowest BCUT2D eigenvalue weighted by Crippen LogP contribution is -2.33. The third-order valence-corrected chi connectivity index (χ3v) is 4.51. The highest BCUT2D eigenvalue weighted by Gasteiger charge is 2.19. The van der Waals surface area contributed by atoms with Crippen LogP contribution >= 0.6 is 0 Å². The van der Waals surface area contributed by atoms with Crippen molar-refractivity contribution in [2.45, 2.75) is 19.4 Å². The minimum absolute atomic E-state index is 0.0456. The Morgan fingerprint density at radius 1 is 1.15 bits per heavy atom. The van der Waals surface area contributed by atoms with Crippen LogP contribution < -0.4 is 10.7 Å². The van der Waals surface area contributed by atoms with Crippen LogP contribution in [0.1, 0.15) is 30.7 Å². The molecule has 0 unspecified atom stereocenters. The van der Waals surface area contributed by atoms with Gasteiger partial charge in [-0.1, -0.05) is 42.5 Å². The molecule has 1 atom stereocenters. The number of hydrogen-bond donors (Lipinski definition) is 2. The van der Waals surface area contributed by atoms with Crippen molar-refractivity contribution < 1.29 is 23.7 Å². The number of hydrogen-bond acceptors (Lipinski definition) is 7. The van der Waals surface area contributed by atoms with Crippen molar-refractivity contribution in [1.29, 1.82) is 0 Å². The van der Waals surface area contributed by atoms with Gasteiger partial charge in [-0.05, 0) is 24.6 Å². The van der Waals surface area contributed by atoms with Crippen molar-refractivity contribution >= 4 is 23.9 Å².